The van der Waals surface area contributed by atoms with E-state index in [0.717, 1.165) is 51.4 Å². The Kier molecular flexibility index (Phi) is 2.79. The fourth-order valence-electron chi connectivity index (χ4n) is 6.46. The van der Waals surface area contributed by atoms with Gasteiger partial charge in [0.05, 0.1) is 15.4 Å². The Bertz CT molecular complexity index is 529. The average Bonchev–Trinajstić information content (AvgIpc) is 2.77. The predicted molar refractivity (Wildman–Crippen MR) is 83.7 cm³/mol. The first-order valence-electron chi connectivity index (χ1n) is 9.93. The Labute approximate surface area is 131 Å². The minimum Gasteiger partial charge on any atom is -0.395 e. The quantitative estimate of drug-likeness (QED) is 0.724. The first kappa shape index (κ1) is 12.1. The molecule has 0 radical (unpaired) electrons. The standard InChI is InChI=1S/C19H30O2/c1-18-11-9-16-14(15(18)7-8-17(18)21)6-5-13-4-2-3-10-19(13,16)12-20/h4,14-17,20-21H,2-3,5-12H2,1H3/t14-,15-,16-,17-,18-,19+/m0/s1/i12D,17D/t12-,14-,15-,16-,17-,18-,19+. The van der Waals surface area contributed by atoms with E-state index in [9.17, 15) is 10.2 Å². The number of allylic oxidation sites excluding steroid dienone is 1. The maximum Gasteiger partial charge on any atom is 0.0606 e. The molecule has 0 spiro atoms. The topological polar surface area (TPSA) is 40.5 Å². The molecule has 3 saturated carbocycles. The minimum atomic E-state index is -1.29. The molecule has 118 valence electrons. The van der Waals surface area contributed by atoms with Gasteiger partial charge in [0.1, 0.15) is 0 Å². The molecule has 4 aliphatic rings. The number of aliphatic hydroxyl groups excluding tert-OH is 1. The maximum absolute atomic E-state index is 10.6. The molecular weight excluding hydrogens is 260 g/mol. The lowest BCUT2D eigenvalue weighted by molar-refractivity contribution is -0.0903. The van der Waals surface area contributed by atoms with Gasteiger partial charge in [-0.25, -0.2) is 0 Å². The van der Waals surface area contributed by atoms with Gasteiger partial charge in [-0.3, -0.25) is 0 Å². The number of aliphatic hydroxyl groups is 2. The molecule has 0 heterocycles. The summed E-state index contributed by atoms with van der Waals surface area (Å²) in [5.41, 5.74) is 0.693. The van der Waals surface area contributed by atoms with Crippen LogP contribution in [0.15, 0.2) is 11.6 Å². The molecule has 0 aliphatic heterocycles. The van der Waals surface area contributed by atoms with Crippen molar-refractivity contribution in [3.05, 3.63) is 11.6 Å². The van der Waals surface area contributed by atoms with Crippen LogP contribution in [0.2, 0.25) is 0 Å². The van der Waals surface area contributed by atoms with Crippen LogP contribution in [0.5, 0.6) is 0 Å². The Morgan fingerprint density at radius 2 is 2.14 bits per heavy atom. The van der Waals surface area contributed by atoms with Crippen LogP contribution in [0.25, 0.3) is 0 Å². The van der Waals surface area contributed by atoms with Crippen molar-refractivity contribution in [1.82, 2.24) is 0 Å². The zero-order chi connectivity index (χ0) is 16.5. The molecule has 0 aromatic heterocycles. The van der Waals surface area contributed by atoms with Gasteiger partial charge in [0.2, 0.25) is 0 Å². The van der Waals surface area contributed by atoms with Crippen molar-refractivity contribution in [2.24, 2.45) is 28.6 Å². The van der Waals surface area contributed by atoms with Crippen LogP contribution >= 0.6 is 0 Å². The lowest BCUT2D eigenvalue weighted by Crippen LogP contribution is -2.53. The first-order chi connectivity index (χ1) is 10.8. The van der Waals surface area contributed by atoms with Crippen LogP contribution in [-0.4, -0.2) is 22.9 Å². The Morgan fingerprint density at radius 3 is 2.95 bits per heavy atom. The van der Waals surface area contributed by atoms with Crippen molar-refractivity contribution < 1.29 is 13.0 Å². The molecule has 7 atom stereocenters. The summed E-state index contributed by atoms with van der Waals surface area (Å²) < 4.78 is 16.6. The van der Waals surface area contributed by atoms with Crippen molar-refractivity contribution in [1.29, 1.82) is 0 Å². The lowest BCUT2D eigenvalue weighted by Gasteiger charge is -2.58. The molecule has 2 nitrogen and oxygen atoms in total. The molecule has 0 amide bonds. The van der Waals surface area contributed by atoms with Gasteiger partial charge in [-0.15, -0.1) is 0 Å². The molecule has 2 heteroatoms. The molecule has 0 unspecified atom stereocenters. The van der Waals surface area contributed by atoms with E-state index in [-0.39, 0.29) is 10.8 Å². The van der Waals surface area contributed by atoms with Crippen molar-refractivity contribution in [2.45, 2.75) is 70.8 Å². The highest BCUT2D eigenvalue weighted by Gasteiger charge is 2.59. The molecular formula is C19H30O2. The number of hydrogen-bond donors (Lipinski definition) is 2. The largest absolute Gasteiger partial charge is 0.395 e. The van der Waals surface area contributed by atoms with Crippen molar-refractivity contribution in [3.8, 4) is 0 Å². The molecule has 0 aromatic rings. The SMILES string of the molecule is [2H][C@H](O)[C@]12CCCC=C1CC[C@@H]1[C@@H]2CC[C@@]2(C)[C@H]1CC[C@]2([2H])O. The van der Waals surface area contributed by atoms with Crippen LogP contribution in [0.1, 0.15) is 67.5 Å². The van der Waals surface area contributed by atoms with Crippen molar-refractivity contribution in [2.75, 3.05) is 6.58 Å². The van der Waals surface area contributed by atoms with E-state index in [2.05, 4.69) is 13.0 Å². The second-order valence-electron chi connectivity index (χ2n) is 8.15. The van der Waals surface area contributed by atoms with Crippen LogP contribution in [-0.2, 0) is 0 Å². The van der Waals surface area contributed by atoms with Crippen molar-refractivity contribution in [3.63, 3.8) is 0 Å². The van der Waals surface area contributed by atoms with Crippen molar-refractivity contribution >= 4 is 0 Å². The van der Waals surface area contributed by atoms with E-state index in [4.69, 9.17) is 2.74 Å². The molecule has 4 rings (SSSR count). The third-order valence-corrected chi connectivity index (χ3v) is 7.60. The Balaban J connectivity index is 1.74. The van der Waals surface area contributed by atoms with E-state index < -0.39 is 12.7 Å². The molecule has 4 aliphatic carbocycles. The second-order valence-corrected chi connectivity index (χ2v) is 8.15. The second kappa shape index (κ2) is 4.83. The Morgan fingerprint density at radius 1 is 1.29 bits per heavy atom. The summed E-state index contributed by atoms with van der Waals surface area (Å²) in [5.74, 6) is 1.20. The average molecular weight is 292 g/mol. The highest BCUT2D eigenvalue weighted by atomic mass is 16.3. The normalized spacial score (nSPS) is 59.0. The minimum absolute atomic E-state index is 0.307. The van der Waals surface area contributed by atoms with E-state index in [1.165, 1.54) is 5.57 Å². The van der Waals surface area contributed by atoms with Gasteiger partial charge in [0.25, 0.3) is 0 Å². The molecule has 0 saturated heterocycles. The Hall–Kier alpha value is -0.340. The zero-order valence-electron chi connectivity index (χ0n) is 15.1. The monoisotopic (exact) mass is 292 g/mol. The summed E-state index contributed by atoms with van der Waals surface area (Å²) in [5, 5.41) is 21.1. The molecule has 2 N–H and O–H groups in total. The van der Waals surface area contributed by atoms with Crippen LogP contribution < -0.4 is 0 Å². The fourth-order valence-corrected chi connectivity index (χ4v) is 6.46. The van der Waals surface area contributed by atoms with Gasteiger partial charge < -0.3 is 10.2 Å². The lowest BCUT2D eigenvalue weighted by atomic mass is 9.47. The number of hydrogen-bond acceptors (Lipinski definition) is 2. The van der Waals surface area contributed by atoms with Gasteiger partial charge in [-0.1, -0.05) is 18.6 Å². The predicted octanol–water partition coefficient (Wildman–Crippen LogP) is 3.67. The third kappa shape index (κ3) is 1.78. The summed E-state index contributed by atoms with van der Waals surface area (Å²) >= 11 is 0. The smallest absolute Gasteiger partial charge is 0.0606 e. The molecule has 0 bridgehead atoms. The zero-order valence-corrected chi connectivity index (χ0v) is 13.1. The maximum atomic E-state index is 10.6. The van der Waals surface area contributed by atoms with Crippen LogP contribution in [0.4, 0.5) is 0 Å². The van der Waals surface area contributed by atoms with Gasteiger partial charge in [-0.2, -0.15) is 0 Å². The van der Waals surface area contributed by atoms with Gasteiger partial charge >= 0.3 is 0 Å². The summed E-state index contributed by atoms with van der Waals surface area (Å²) in [6.45, 7) is 1.09. The molecule has 3 fully saturated rings. The number of rotatable bonds is 1. The van der Waals surface area contributed by atoms with E-state index >= 15 is 0 Å². The summed E-state index contributed by atoms with van der Waals surface area (Å²) in [7, 11) is 0. The third-order valence-electron chi connectivity index (χ3n) is 7.60. The van der Waals surface area contributed by atoms with Crippen LogP contribution in [0.3, 0.4) is 0 Å². The van der Waals surface area contributed by atoms with Gasteiger partial charge in [0, 0.05) is 5.41 Å². The highest BCUT2D eigenvalue weighted by Crippen LogP contribution is 2.65. The van der Waals surface area contributed by atoms with E-state index in [1.807, 2.05) is 0 Å². The summed E-state index contributed by atoms with van der Waals surface area (Å²) in [6.07, 6.45) is 9.56. The van der Waals surface area contributed by atoms with E-state index in [0.29, 0.717) is 24.2 Å². The summed E-state index contributed by atoms with van der Waals surface area (Å²) in [6, 6.07) is 0. The molecule has 21 heavy (non-hydrogen) atoms. The van der Waals surface area contributed by atoms with Gasteiger partial charge in [0.15, 0.2) is 0 Å². The number of fused-ring (bicyclic) bond motifs is 5. The molecule has 0 aromatic carbocycles. The first-order valence-corrected chi connectivity index (χ1v) is 8.85. The fraction of sp³-hybridized carbons (Fsp3) is 0.895. The summed E-state index contributed by atoms with van der Waals surface area (Å²) in [4.78, 5) is 0. The van der Waals surface area contributed by atoms with E-state index in [1.54, 1.807) is 0 Å². The van der Waals surface area contributed by atoms with Gasteiger partial charge in [-0.05, 0) is 81.0 Å². The van der Waals surface area contributed by atoms with Crippen LogP contribution in [0, 0.1) is 28.6 Å². The highest BCUT2D eigenvalue weighted by molar-refractivity contribution is 5.25.